The van der Waals surface area contributed by atoms with E-state index in [0.717, 1.165) is 18.7 Å². The first kappa shape index (κ1) is 15.4. The van der Waals surface area contributed by atoms with Gasteiger partial charge in [-0.2, -0.15) is 5.26 Å². The molecule has 0 spiro atoms. The fourth-order valence-electron chi connectivity index (χ4n) is 2.35. The molecule has 0 N–H and O–H groups in total. The average molecular weight is 288 g/mol. The Morgan fingerprint density at radius 3 is 3.05 bits per heavy atom. The third-order valence-electron chi connectivity index (χ3n) is 3.62. The lowest BCUT2D eigenvalue weighted by atomic mass is 10.1. The quantitative estimate of drug-likeness (QED) is 0.817. The van der Waals surface area contributed by atoms with Gasteiger partial charge in [-0.3, -0.25) is 4.79 Å². The van der Waals surface area contributed by atoms with Crippen LogP contribution in [0.25, 0.3) is 0 Å². The molecule has 1 aromatic heterocycles. The number of carbonyl (C=O) groups is 1. The summed E-state index contributed by atoms with van der Waals surface area (Å²) in [6.07, 6.45) is 1.47. The highest BCUT2D eigenvalue weighted by Gasteiger charge is 2.22. The summed E-state index contributed by atoms with van der Waals surface area (Å²) in [5.74, 6) is -0.153. The van der Waals surface area contributed by atoms with Crippen molar-refractivity contribution < 1.29 is 9.53 Å². The largest absolute Gasteiger partial charge is 0.374 e. The lowest BCUT2D eigenvalue weighted by Gasteiger charge is -2.32. The van der Waals surface area contributed by atoms with Gasteiger partial charge < -0.3 is 14.5 Å². The molecule has 1 atom stereocenters. The summed E-state index contributed by atoms with van der Waals surface area (Å²) < 4.78 is 5.67. The predicted octanol–water partition coefficient (Wildman–Crippen LogP) is 0.664. The highest BCUT2D eigenvalue weighted by atomic mass is 16.5. The van der Waals surface area contributed by atoms with Crippen LogP contribution in [0.5, 0.6) is 0 Å². The van der Waals surface area contributed by atoms with Crippen molar-refractivity contribution in [1.29, 1.82) is 5.26 Å². The van der Waals surface area contributed by atoms with Crippen LogP contribution in [0.4, 0.5) is 0 Å². The van der Waals surface area contributed by atoms with E-state index in [9.17, 15) is 4.79 Å². The zero-order valence-corrected chi connectivity index (χ0v) is 12.7. The average Bonchev–Trinajstić information content (AvgIpc) is 2.46. The number of likely N-dealkylation sites (N-methyl/N-ethyl adjacent to an activating group) is 2. The van der Waals surface area contributed by atoms with E-state index in [1.54, 1.807) is 24.9 Å². The molecule has 21 heavy (non-hydrogen) atoms. The Hall–Kier alpha value is -1.97. The fraction of sp³-hybridized carbons (Fsp3) is 0.533. The van der Waals surface area contributed by atoms with Crippen LogP contribution in [-0.2, 0) is 4.74 Å². The van der Waals surface area contributed by atoms with Crippen molar-refractivity contribution in [3.05, 3.63) is 29.1 Å². The Morgan fingerprint density at radius 1 is 1.67 bits per heavy atom. The molecule has 2 rings (SSSR count). The highest BCUT2D eigenvalue weighted by Crippen LogP contribution is 2.10. The summed E-state index contributed by atoms with van der Waals surface area (Å²) in [4.78, 5) is 20.3. The molecule has 0 saturated carbocycles. The number of nitriles is 1. The molecule has 1 unspecified atom stereocenters. The molecule has 0 radical (unpaired) electrons. The third kappa shape index (κ3) is 3.78. The Labute approximate surface area is 124 Å². The van der Waals surface area contributed by atoms with Crippen LogP contribution in [0.15, 0.2) is 12.3 Å². The van der Waals surface area contributed by atoms with E-state index in [-0.39, 0.29) is 12.0 Å². The minimum absolute atomic E-state index is 0.0252. The molecule has 1 saturated heterocycles. The molecular weight excluding hydrogens is 268 g/mol. The van der Waals surface area contributed by atoms with Crippen molar-refractivity contribution in [2.24, 2.45) is 0 Å². The standard InChI is InChI=1S/C15H20N4O2/c1-11-6-14(17-8-12(11)7-16)15(20)19(3)10-13-9-18(2)4-5-21-13/h6,8,13H,4-5,9-10H2,1-3H3. The maximum absolute atomic E-state index is 12.4. The first-order valence-corrected chi connectivity index (χ1v) is 6.93. The lowest BCUT2D eigenvalue weighted by Crippen LogP contribution is -2.46. The number of morpholine rings is 1. The molecule has 6 nitrogen and oxygen atoms in total. The van der Waals surface area contributed by atoms with Gasteiger partial charge in [-0.05, 0) is 25.6 Å². The molecule has 112 valence electrons. The third-order valence-corrected chi connectivity index (χ3v) is 3.62. The second-order valence-electron chi connectivity index (χ2n) is 5.44. The van der Waals surface area contributed by atoms with Gasteiger partial charge in [-0.25, -0.2) is 4.98 Å². The zero-order valence-electron chi connectivity index (χ0n) is 12.7. The Kier molecular flexibility index (Phi) is 4.89. The molecule has 1 aliphatic heterocycles. The summed E-state index contributed by atoms with van der Waals surface area (Å²) in [6.45, 7) is 4.76. The molecule has 1 aromatic rings. The fourth-order valence-corrected chi connectivity index (χ4v) is 2.35. The van der Waals surface area contributed by atoms with Crippen molar-refractivity contribution in [2.45, 2.75) is 13.0 Å². The van der Waals surface area contributed by atoms with Gasteiger partial charge in [0.1, 0.15) is 11.8 Å². The van der Waals surface area contributed by atoms with Gasteiger partial charge in [0.05, 0.1) is 18.3 Å². The van der Waals surface area contributed by atoms with Crippen molar-refractivity contribution in [2.75, 3.05) is 40.3 Å². The summed E-state index contributed by atoms with van der Waals surface area (Å²) in [7, 11) is 3.79. The van der Waals surface area contributed by atoms with E-state index in [2.05, 4.69) is 9.88 Å². The van der Waals surface area contributed by atoms with Crippen LogP contribution >= 0.6 is 0 Å². The van der Waals surface area contributed by atoms with E-state index >= 15 is 0 Å². The molecule has 0 bridgehead atoms. The zero-order chi connectivity index (χ0) is 15.4. The SMILES string of the molecule is Cc1cc(C(=O)N(C)CC2CN(C)CCO2)ncc1C#N. The lowest BCUT2D eigenvalue weighted by molar-refractivity contribution is -0.0301. The number of carbonyl (C=O) groups excluding carboxylic acids is 1. The van der Waals surface area contributed by atoms with Crippen molar-refractivity contribution in [1.82, 2.24) is 14.8 Å². The number of hydrogen-bond acceptors (Lipinski definition) is 5. The van der Waals surface area contributed by atoms with E-state index in [1.165, 1.54) is 6.20 Å². The predicted molar refractivity (Wildman–Crippen MR) is 77.9 cm³/mol. The number of aromatic nitrogens is 1. The van der Waals surface area contributed by atoms with Crippen molar-refractivity contribution >= 4 is 5.91 Å². The molecule has 0 aromatic carbocycles. The van der Waals surface area contributed by atoms with Gasteiger partial charge in [-0.15, -0.1) is 0 Å². The van der Waals surface area contributed by atoms with Crippen LogP contribution in [0.1, 0.15) is 21.6 Å². The van der Waals surface area contributed by atoms with Gasteiger partial charge in [0, 0.05) is 32.9 Å². The smallest absolute Gasteiger partial charge is 0.272 e. The monoisotopic (exact) mass is 288 g/mol. The minimum atomic E-state index is -0.153. The molecule has 1 amide bonds. The van der Waals surface area contributed by atoms with Crippen LogP contribution in [0.2, 0.25) is 0 Å². The Morgan fingerprint density at radius 2 is 2.43 bits per heavy atom. The summed E-state index contributed by atoms with van der Waals surface area (Å²) in [6, 6.07) is 3.71. The molecule has 6 heteroatoms. The summed E-state index contributed by atoms with van der Waals surface area (Å²) >= 11 is 0. The van der Waals surface area contributed by atoms with Crippen LogP contribution in [0, 0.1) is 18.3 Å². The Balaban J connectivity index is 2.02. The van der Waals surface area contributed by atoms with E-state index in [0.29, 0.717) is 24.4 Å². The van der Waals surface area contributed by atoms with Crippen molar-refractivity contribution in [3.8, 4) is 6.07 Å². The number of rotatable bonds is 3. The maximum atomic E-state index is 12.4. The van der Waals surface area contributed by atoms with E-state index < -0.39 is 0 Å². The second-order valence-corrected chi connectivity index (χ2v) is 5.44. The number of aryl methyl sites for hydroxylation is 1. The van der Waals surface area contributed by atoms with Crippen molar-refractivity contribution in [3.63, 3.8) is 0 Å². The molecule has 0 aliphatic carbocycles. The molecule has 1 fully saturated rings. The number of nitrogens with zero attached hydrogens (tertiary/aromatic N) is 4. The number of pyridine rings is 1. The normalized spacial score (nSPS) is 19.0. The molecule has 1 aliphatic rings. The summed E-state index contributed by atoms with van der Waals surface area (Å²) in [5.41, 5.74) is 1.61. The van der Waals surface area contributed by atoms with E-state index in [4.69, 9.17) is 10.00 Å². The second kappa shape index (κ2) is 6.66. The van der Waals surface area contributed by atoms with Crippen LogP contribution in [-0.4, -0.2) is 67.1 Å². The van der Waals surface area contributed by atoms with Gasteiger partial charge in [0.15, 0.2) is 0 Å². The minimum Gasteiger partial charge on any atom is -0.374 e. The number of amides is 1. The van der Waals surface area contributed by atoms with Gasteiger partial charge >= 0.3 is 0 Å². The van der Waals surface area contributed by atoms with Crippen LogP contribution < -0.4 is 0 Å². The van der Waals surface area contributed by atoms with E-state index in [1.807, 2.05) is 13.1 Å². The van der Waals surface area contributed by atoms with Gasteiger partial charge in [0.25, 0.3) is 5.91 Å². The number of ether oxygens (including phenoxy) is 1. The molecule has 2 heterocycles. The van der Waals surface area contributed by atoms with Crippen LogP contribution in [0.3, 0.4) is 0 Å². The Bertz CT molecular complexity index is 567. The van der Waals surface area contributed by atoms with Gasteiger partial charge in [-0.1, -0.05) is 0 Å². The highest BCUT2D eigenvalue weighted by molar-refractivity contribution is 5.92. The first-order valence-electron chi connectivity index (χ1n) is 6.93. The summed E-state index contributed by atoms with van der Waals surface area (Å²) in [5, 5.41) is 8.89. The number of hydrogen-bond donors (Lipinski definition) is 0. The maximum Gasteiger partial charge on any atom is 0.272 e. The van der Waals surface area contributed by atoms with Gasteiger partial charge in [0.2, 0.25) is 0 Å². The topological polar surface area (TPSA) is 69.5 Å². The first-order chi connectivity index (χ1) is 10.0. The molecular formula is C15H20N4O2.